The number of carbonyl (C=O) groups is 1. The Morgan fingerprint density at radius 3 is 2.75 bits per heavy atom. The van der Waals surface area contributed by atoms with Gasteiger partial charge in [0.1, 0.15) is 18.0 Å². The summed E-state index contributed by atoms with van der Waals surface area (Å²) in [6.07, 6.45) is 1.66. The van der Waals surface area contributed by atoms with Crippen LogP contribution >= 0.6 is 0 Å². The van der Waals surface area contributed by atoms with Crippen molar-refractivity contribution in [2.45, 2.75) is 38.9 Å². The summed E-state index contributed by atoms with van der Waals surface area (Å²) in [6, 6.07) is 13.5. The summed E-state index contributed by atoms with van der Waals surface area (Å²) in [5, 5.41) is 6.72. The minimum atomic E-state index is -0.532. The Labute approximate surface area is 164 Å². The third-order valence-corrected chi connectivity index (χ3v) is 3.88. The second kappa shape index (κ2) is 8.73. The molecule has 0 bridgehead atoms. The first-order valence-electron chi connectivity index (χ1n) is 9.22. The van der Waals surface area contributed by atoms with Gasteiger partial charge in [-0.1, -0.05) is 23.4 Å². The van der Waals surface area contributed by atoms with Crippen LogP contribution in [0.2, 0.25) is 0 Å². The fourth-order valence-electron chi connectivity index (χ4n) is 2.68. The van der Waals surface area contributed by atoms with Crippen molar-refractivity contribution in [3.63, 3.8) is 0 Å². The van der Waals surface area contributed by atoms with E-state index in [2.05, 4.69) is 15.5 Å². The monoisotopic (exact) mass is 383 g/mol. The van der Waals surface area contributed by atoms with Crippen LogP contribution in [0.5, 0.6) is 5.75 Å². The highest BCUT2D eigenvalue weighted by atomic mass is 16.7. The number of rotatable bonds is 6. The van der Waals surface area contributed by atoms with Crippen molar-refractivity contribution in [1.29, 1.82) is 0 Å². The molecule has 7 nitrogen and oxygen atoms in total. The lowest BCUT2D eigenvalue weighted by atomic mass is 10.1. The second-order valence-corrected chi connectivity index (χ2v) is 7.47. The zero-order valence-electron chi connectivity index (χ0n) is 16.3. The van der Waals surface area contributed by atoms with Gasteiger partial charge in [-0.25, -0.2) is 4.79 Å². The topological polar surface area (TPSA) is 82.0 Å². The van der Waals surface area contributed by atoms with Crippen LogP contribution in [0.15, 0.2) is 53.8 Å². The van der Waals surface area contributed by atoms with Gasteiger partial charge in [0.05, 0.1) is 18.0 Å². The van der Waals surface area contributed by atoms with Crippen LogP contribution in [0, 0.1) is 0 Å². The lowest BCUT2D eigenvalue weighted by Gasteiger charge is -2.19. The number of oxime groups is 1. The molecule has 0 saturated heterocycles. The molecule has 1 aliphatic rings. The number of alkyl carbamates (subject to hydrolysis) is 1. The number of carbonyl (C=O) groups excluding carboxylic acids is 1. The summed E-state index contributed by atoms with van der Waals surface area (Å²) >= 11 is 0. The first-order valence-corrected chi connectivity index (χ1v) is 9.22. The average Bonchev–Trinajstić information content (AvgIpc) is 3.12. The summed E-state index contributed by atoms with van der Waals surface area (Å²) < 4.78 is 11.2. The second-order valence-electron chi connectivity index (χ2n) is 7.47. The van der Waals surface area contributed by atoms with E-state index < -0.39 is 11.7 Å². The number of nitrogens with zero attached hydrogens (tertiary/aromatic N) is 2. The normalized spacial score (nSPS) is 16.1. The SMILES string of the molecule is CC(C)(C)OC(=O)NCC1=NOC(COc2ccccc2-c2ccccn2)C1. The molecule has 0 radical (unpaired) electrons. The summed E-state index contributed by atoms with van der Waals surface area (Å²) in [6.45, 7) is 6.09. The molecule has 0 fully saturated rings. The molecule has 0 saturated carbocycles. The number of hydrogen-bond donors (Lipinski definition) is 1. The summed E-state index contributed by atoms with van der Waals surface area (Å²) in [4.78, 5) is 21.5. The van der Waals surface area contributed by atoms with E-state index in [1.807, 2.05) is 63.2 Å². The minimum Gasteiger partial charge on any atom is -0.489 e. The number of benzene rings is 1. The first-order chi connectivity index (χ1) is 13.4. The van der Waals surface area contributed by atoms with Gasteiger partial charge in [-0.15, -0.1) is 0 Å². The Kier molecular flexibility index (Phi) is 6.13. The maximum Gasteiger partial charge on any atom is 0.407 e. The molecule has 28 heavy (non-hydrogen) atoms. The molecule has 2 heterocycles. The number of amides is 1. The van der Waals surface area contributed by atoms with Gasteiger partial charge in [0.2, 0.25) is 0 Å². The van der Waals surface area contributed by atoms with E-state index in [4.69, 9.17) is 14.3 Å². The Bertz CT molecular complexity index is 831. The average molecular weight is 383 g/mol. The number of para-hydroxylation sites is 1. The maximum absolute atomic E-state index is 11.7. The molecule has 0 spiro atoms. The Morgan fingerprint density at radius 2 is 2.00 bits per heavy atom. The molecular formula is C21H25N3O4. The van der Waals surface area contributed by atoms with Crippen LogP contribution in [-0.4, -0.2) is 41.6 Å². The minimum absolute atomic E-state index is 0.202. The lowest BCUT2D eigenvalue weighted by Crippen LogP contribution is -2.35. The molecule has 7 heteroatoms. The number of hydrogen-bond acceptors (Lipinski definition) is 6. The largest absolute Gasteiger partial charge is 0.489 e. The Hall–Kier alpha value is -3.09. The Balaban J connectivity index is 1.48. The van der Waals surface area contributed by atoms with E-state index in [1.165, 1.54) is 0 Å². The van der Waals surface area contributed by atoms with Crippen LogP contribution < -0.4 is 10.1 Å². The fourth-order valence-corrected chi connectivity index (χ4v) is 2.68. The third-order valence-electron chi connectivity index (χ3n) is 3.88. The lowest BCUT2D eigenvalue weighted by molar-refractivity contribution is 0.0472. The predicted octanol–water partition coefficient (Wildman–Crippen LogP) is 3.80. The molecule has 148 valence electrons. The standard InChI is InChI=1S/C21H25N3O4/c1-21(2,3)27-20(25)23-13-15-12-16(28-24-15)14-26-19-10-5-4-8-17(19)18-9-6-7-11-22-18/h4-11,16H,12-14H2,1-3H3,(H,23,25). The summed E-state index contributed by atoms with van der Waals surface area (Å²) in [5.41, 5.74) is 1.99. The predicted molar refractivity (Wildman–Crippen MR) is 106 cm³/mol. The summed E-state index contributed by atoms with van der Waals surface area (Å²) in [7, 11) is 0. The van der Waals surface area contributed by atoms with E-state index in [1.54, 1.807) is 6.20 Å². The number of nitrogens with one attached hydrogen (secondary N) is 1. The van der Waals surface area contributed by atoms with Crippen LogP contribution in [0.3, 0.4) is 0 Å². The number of pyridine rings is 1. The zero-order chi connectivity index (χ0) is 20.0. The van der Waals surface area contributed by atoms with Gasteiger partial charge in [0, 0.05) is 18.2 Å². The van der Waals surface area contributed by atoms with E-state index in [0.29, 0.717) is 13.0 Å². The van der Waals surface area contributed by atoms with Crippen LogP contribution in [-0.2, 0) is 9.57 Å². The van der Waals surface area contributed by atoms with Crippen molar-refractivity contribution >= 4 is 11.8 Å². The molecule has 1 aromatic heterocycles. The molecular weight excluding hydrogens is 358 g/mol. The Morgan fingerprint density at radius 1 is 1.21 bits per heavy atom. The maximum atomic E-state index is 11.7. The zero-order valence-corrected chi connectivity index (χ0v) is 16.3. The smallest absolute Gasteiger partial charge is 0.407 e. The highest BCUT2D eigenvalue weighted by molar-refractivity contribution is 5.89. The van der Waals surface area contributed by atoms with Crippen molar-refractivity contribution in [2.24, 2.45) is 5.16 Å². The van der Waals surface area contributed by atoms with E-state index in [9.17, 15) is 4.79 Å². The van der Waals surface area contributed by atoms with Gasteiger partial charge in [-0.3, -0.25) is 4.98 Å². The number of aromatic nitrogens is 1. The van der Waals surface area contributed by atoms with Crippen molar-refractivity contribution < 1.29 is 19.1 Å². The molecule has 1 unspecified atom stereocenters. The first kappa shape index (κ1) is 19.7. The summed E-state index contributed by atoms with van der Waals surface area (Å²) in [5.74, 6) is 0.741. The van der Waals surface area contributed by atoms with Gasteiger partial charge < -0.3 is 19.6 Å². The molecule has 0 aliphatic carbocycles. The van der Waals surface area contributed by atoms with Crippen molar-refractivity contribution in [3.8, 4) is 17.0 Å². The number of ether oxygens (including phenoxy) is 2. The van der Waals surface area contributed by atoms with Gasteiger partial charge in [0.25, 0.3) is 0 Å². The van der Waals surface area contributed by atoms with Crippen molar-refractivity contribution in [3.05, 3.63) is 48.7 Å². The molecule has 2 aromatic rings. The third kappa shape index (κ3) is 5.70. The van der Waals surface area contributed by atoms with Crippen LogP contribution in [0.25, 0.3) is 11.3 Å². The molecule has 3 rings (SSSR count). The highest BCUT2D eigenvalue weighted by Crippen LogP contribution is 2.28. The van der Waals surface area contributed by atoms with Crippen LogP contribution in [0.1, 0.15) is 27.2 Å². The van der Waals surface area contributed by atoms with E-state index in [-0.39, 0.29) is 12.6 Å². The fraction of sp³-hybridized carbons (Fsp3) is 0.381. The van der Waals surface area contributed by atoms with Crippen LogP contribution in [0.4, 0.5) is 4.79 Å². The van der Waals surface area contributed by atoms with Crippen molar-refractivity contribution in [2.75, 3.05) is 13.2 Å². The molecule has 1 N–H and O–H groups in total. The molecule has 1 aromatic carbocycles. The molecule has 1 aliphatic heterocycles. The molecule has 1 amide bonds. The van der Waals surface area contributed by atoms with E-state index >= 15 is 0 Å². The van der Waals surface area contributed by atoms with Gasteiger partial charge in [-0.05, 0) is 45.0 Å². The molecule has 1 atom stereocenters. The van der Waals surface area contributed by atoms with E-state index in [0.717, 1.165) is 22.7 Å². The van der Waals surface area contributed by atoms with Gasteiger partial charge in [0.15, 0.2) is 6.10 Å². The highest BCUT2D eigenvalue weighted by Gasteiger charge is 2.23. The van der Waals surface area contributed by atoms with Gasteiger partial charge >= 0.3 is 6.09 Å². The van der Waals surface area contributed by atoms with Gasteiger partial charge in [-0.2, -0.15) is 0 Å². The quantitative estimate of drug-likeness (QED) is 0.820. The van der Waals surface area contributed by atoms with Crippen molar-refractivity contribution in [1.82, 2.24) is 10.3 Å².